The van der Waals surface area contributed by atoms with Gasteiger partial charge in [0.1, 0.15) is 0 Å². The van der Waals surface area contributed by atoms with E-state index in [1.807, 2.05) is 6.07 Å². The van der Waals surface area contributed by atoms with Crippen molar-refractivity contribution in [2.75, 3.05) is 11.1 Å². The van der Waals surface area contributed by atoms with Gasteiger partial charge in [0, 0.05) is 17.2 Å². The smallest absolute Gasteiger partial charge is 0.270 e. The van der Waals surface area contributed by atoms with Crippen molar-refractivity contribution in [2.24, 2.45) is 0 Å². The van der Waals surface area contributed by atoms with E-state index in [0.717, 1.165) is 14.6 Å². The molecule has 11 heteroatoms. The summed E-state index contributed by atoms with van der Waals surface area (Å²) in [6, 6.07) is 9.91. The van der Waals surface area contributed by atoms with E-state index in [1.54, 1.807) is 18.2 Å². The minimum atomic E-state index is -0.459. The molecule has 1 amide bonds. The van der Waals surface area contributed by atoms with Gasteiger partial charge in [0.2, 0.25) is 5.91 Å². The summed E-state index contributed by atoms with van der Waals surface area (Å²) in [7, 11) is 0. The number of carbonyl (C=O) groups excluding carboxylic acids is 1. The molecule has 0 atom stereocenters. The fourth-order valence-electron chi connectivity index (χ4n) is 2.30. The molecule has 0 saturated heterocycles. The molecule has 0 aliphatic heterocycles. The first-order valence-corrected chi connectivity index (χ1v) is 10.5. The quantitative estimate of drug-likeness (QED) is 0.262. The maximum absolute atomic E-state index is 12.2. The van der Waals surface area contributed by atoms with Crippen LogP contribution in [-0.4, -0.2) is 26.6 Å². The van der Waals surface area contributed by atoms with Crippen molar-refractivity contribution in [1.29, 1.82) is 0 Å². The molecule has 0 unspecified atom stereocenters. The molecule has 0 radical (unpaired) electrons. The fraction of sp³-hybridized carbons (Fsp3) is 0.0625. The normalized spacial score (nSPS) is 11.1. The Bertz CT molecular complexity index is 1190. The van der Waals surface area contributed by atoms with E-state index in [4.69, 9.17) is 11.6 Å². The number of anilines is 1. The van der Waals surface area contributed by atoms with Crippen molar-refractivity contribution in [1.82, 2.24) is 9.97 Å². The number of nitro benzene ring substituents is 1. The molecule has 4 aromatic rings. The van der Waals surface area contributed by atoms with E-state index in [-0.39, 0.29) is 17.3 Å². The number of thioether (sulfide) groups is 1. The van der Waals surface area contributed by atoms with Crippen molar-refractivity contribution in [3.63, 3.8) is 0 Å². The third-order valence-electron chi connectivity index (χ3n) is 3.49. The molecular formula is C16H9ClN4O3S3. The van der Waals surface area contributed by atoms with Crippen LogP contribution < -0.4 is 5.32 Å². The molecule has 1 N–H and O–H groups in total. The van der Waals surface area contributed by atoms with Gasteiger partial charge in [0.25, 0.3) is 5.69 Å². The Labute approximate surface area is 169 Å². The van der Waals surface area contributed by atoms with Gasteiger partial charge < -0.3 is 5.32 Å². The second kappa shape index (κ2) is 7.39. The minimum absolute atomic E-state index is 0.00415. The van der Waals surface area contributed by atoms with Gasteiger partial charge in [0.15, 0.2) is 9.47 Å². The lowest BCUT2D eigenvalue weighted by atomic mass is 10.3. The molecule has 0 bridgehead atoms. The first-order chi connectivity index (χ1) is 13.0. The summed E-state index contributed by atoms with van der Waals surface area (Å²) in [5, 5.41) is 14.6. The number of nitro groups is 1. The van der Waals surface area contributed by atoms with Crippen molar-refractivity contribution in [3.8, 4) is 0 Å². The Morgan fingerprint density at radius 1 is 1.15 bits per heavy atom. The largest absolute Gasteiger partial charge is 0.301 e. The van der Waals surface area contributed by atoms with Crippen LogP contribution in [0.15, 0.2) is 40.7 Å². The number of amides is 1. The zero-order valence-corrected chi connectivity index (χ0v) is 16.5. The topological polar surface area (TPSA) is 98.0 Å². The molecule has 136 valence electrons. The number of non-ortho nitro benzene ring substituents is 1. The van der Waals surface area contributed by atoms with Crippen LogP contribution in [0.25, 0.3) is 20.4 Å². The third kappa shape index (κ3) is 4.03. The summed E-state index contributed by atoms with van der Waals surface area (Å²) in [6.45, 7) is 0. The van der Waals surface area contributed by atoms with Crippen LogP contribution in [0.5, 0.6) is 0 Å². The molecule has 0 aliphatic rings. The van der Waals surface area contributed by atoms with Gasteiger partial charge in [-0.3, -0.25) is 14.9 Å². The fourth-order valence-corrected chi connectivity index (χ4v) is 5.23. The standard InChI is InChI=1S/C16H9ClN4O3S3/c17-8-1-4-12-11(5-8)19-16(27-12)25-7-14(22)20-15-18-10-3-2-9(21(23)24)6-13(10)26-15/h1-6H,7H2,(H,18,20,22). The average Bonchev–Trinajstić information content (AvgIpc) is 3.21. The van der Waals surface area contributed by atoms with E-state index in [9.17, 15) is 14.9 Å². The zero-order valence-electron chi connectivity index (χ0n) is 13.3. The van der Waals surface area contributed by atoms with Crippen molar-refractivity contribution >= 4 is 83.2 Å². The number of nitrogens with one attached hydrogen (secondary N) is 1. The molecule has 2 aromatic carbocycles. The summed E-state index contributed by atoms with van der Waals surface area (Å²) >= 11 is 9.99. The highest BCUT2D eigenvalue weighted by Crippen LogP contribution is 2.32. The third-order valence-corrected chi connectivity index (χ3v) is 6.83. The van der Waals surface area contributed by atoms with Gasteiger partial charge in [-0.05, 0) is 24.3 Å². The Morgan fingerprint density at radius 2 is 2.00 bits per heavy atom. The summed E-state index contributed by atoms with van der Waals surface area (Å²) in [5.41, 5.74) is 1.41. The monoisotopic (exact) mass is 436 g/mol. The average molecular weight is 437 g/mol. The van der Waals surface area contributed by atoms with E-state index in [1.165, 1.54) is 46.6 Å². The summed E-state index contributed by atoms with van der Waals surface area (Å²) in [4.78, 5) is 31.3. The van der Waals surface area contributed by atoms with E-state index in [2.05, 4.69) is 15.3 Å². The number of carbonyl (C=O) groups is 1. The molecule has 2 heterocycles. The van der Waals surface area contributed by atoms with E-state index < -0.39 is 4.92 Å². The van der Waals surface area contributed by atoms with Crippen molar-refractivity contribution < 1.29 is 9.72 Å². The minimum Gasteiger partial charge on any atom is -0.301 e. The van der Waals surface area contributed by atoms with Gasteiger partial charge in [0.05, 0.1) is 31.1 Å². The molecule has 0 saturated carbocycles. The Morgan fingerprint density at radius 3 is 2.81 bits per heavy atom. The number of hydrogen-bond acceptors (Lipinski definition) is 8. The van der Waals surface area contributed by atoms with Crippen molar-refractivity contribution in [2.45, 2.75) is 4.34 Å². The predicted octanol–water partition coefficient (Wildman–Crippen LogP) is 5.20. The van der Waals surface area contributed by atoms with Crippen molar-refractivity contribution in [3.05, 3.63) is 51.5 Å². The maximum Gasteiger partial charge on any atom is 0.270 e. The lowest BCUT2D eigenvalue weighted by Crippen LogP contribution is -2.13. The Hall–Kier alpha value is -2.27. The Kier molecular flexibility index (Phi) is 4.96. The molecule has 0 spiro atoms. The highest BCUT2D eigenvalue weighted by atomic mass is 35.5. The number of thiazole rings is 2. The molecule has 27 heavy (non-hydrogen) atoms. The van der Waals surface area contributed by atoms with Crippen LogP contribution in [0.1, 0.15) is 0 Å². The molecule has 7 nitrogen and oxygen atoms in total. The van der Waals surface area contributed by atoms with Crippen LogP contribution in [-0.2, 0) is 4.79 Å². The summed E-state index contributed by atoms with van der Waals surface area (Å²) in [5.74, 6) is -0.0327. The number of fused-ring (bicyclic) bond motifs is 2. The highest BCUT2D eigenvalue weighted by molar-refractivity contribution is 8.01. The predicted molar refractivity (Wildman–Crippen MR) is 110 cm³/mol. The first-order valence-electron chi connectivity index (χ1n) is 7.52. The van der Waals surface area contributed by atoms with Crippen LogP contribution in [0.3, 0.4) is 0 Å². The van der Waals surface area contributed by atoms with Crippen LogP contribution in [0, 0.1) is 10.1 Å². The molecule has 0 fully saturated rings. The molecular weight excluding hydrogens is 428 g/mol. The van der Waals surface area contributed by atoms with E-state index in [0.29, 0.717) is 20.4 Å². The number of aromatic nitrogens is 2. The lowest BCUT2D eigenvalue weighted by Gasteiger charge is -1.99. The second-order valence-electron chi connectivity index (χ2n) is 5.36. The molecule has 0 aliphatic carbocycles. The van der Waals surface area contributed by atoms with E-state index >= 15 is 0 Å². The highest BCUT2D eigenvalue weighted by Gasteiger charge is 2.13. The van der Waals surface area contributed by atoms with Gasteiger partial charge >= 0.3 is 0 Å². The number of halogens is 1. The second-order valence-corrected chi connectivity index (χ2v) is 9.08. The molecule has 2 aromatic heterocycles. The van der Waals surface area contributed by atoms with Crippen LogP contribution >= 0.6 is 46.0 Å². The number of hydrogen-bond donors (Lipinski definition) is 1. The molecule has 4 rings (SSSR count). The zero-order chi connectivity index (χ0) is 19.0. The van der Waals surface area contributed by atoms with Gasteiger partial charge in [-0.15, -0.1) is 11.3 Å². The Balaban J connectivity index is 1.42. The summed E-state index contributed by atoms with van der Waals surface area (Å²) < 4.78 is 2.44. The number of rotatable bonds is 5. The number of nitrogens with zero attached hydrogens (tertiary/aromatic N) is 3. The van der Waals surface area contributed by atoms with Crippen LogP contribution in [0.2, 0.25) is 5.02 Å². The summed E-state index contributed by atoms with van der Waals surface area (Å²) in [6.07, 6.45) is 0. The lowest BCUT2D eigenvalue weighted by molar-refractivity contribution is -0.384. The van der Waals surface area contributed by atoms with Gasteiger partial charge in [-0.2, -0.15) is 0 Å². The number of benzene rings is 2. The van der Waals surface area contributed by atoms with Crippen LogP contribution in [0.4, 0.5) is 10.8 Å². The maximum atomic E-state index is 12.2. The van der Waals surface area contributed by atoms with Gasteiger partial charge in [-0.25, -0.2) is 9.97 Å². The van der Waals surface area contributed by atoms with Gasteiger partial charge in [-0.1, -0.05) is 34.7 Å². The SMILES string of the molecule is O=C(CSc1nc2cc(Cl)ccc2s1)Nc1nc2ccc([N+](=O)[O-])cc2s1. The first kappa shape index (κ1) is 18.1.